The Bertz CT molecular complexity index is 410. The van der Waals surface area contributed by atoms with Crippen molar-refractivity contribution in [1.29, 1.82) is 0 Å². The number of hydrogen-bond donors (Lipinski definition) is 1. The van der Waals surface area contributed by atoms with Gasteiger partial charge >= 0.3 is 0 Å². The average molecular weight is 251 g/mol. The summed E-state index contributed by atoms with van der Waals surface area (Å²) in [4.78, 5) is 4.47. The molecule has 0 aromatic carbocycles. The standard InChI is InChI=1S/C13H21N3O2/c1-2-17-11(9-4-5-9)12-15-10(18-16-12)8-13(14)6-3-7-13/h9,11H,2-8,14H2,1H3. The molecule has 5 nitrogen and oxygen atoms in total. The highest BCUT2D eigenvalue weighted by Crippen LogP contribution is 2.42. The molecule has 3 rings (SSSR count). The summed E-state index contributed by atoms with van der Waals surface area (Å²) in [6, 6.07) is 0. The van der Waals surface area contributed by atoms with Crippen LogP contribution in [0.2, 0.25) is 0 Å². The molecule has 1 heterocycles. The van der Waals surface area contributed by atoms with E-state index in [9.17, 15) is 0 Å². The van der Waals surface area contributed by atoms with Crippen molar-refractivity contribution in [3.8, 4) is 0 Å². The molecule has 100 valence electrons. The molecule has 0 spiro atoms. The molecule has 1 atom stereocenters. The molecule has 2 aliphatic carbocycles. The normalized spacial score (nSPS) is 23.7. The summed E-state index contributed by atoms with van der Waals surface area (Å²) >= 11 is 0. The summed E-state index contributed by atoms with van der Waals surface area (Å²) < 4.78 is 11.0. The fourth-order valence-electron chi connectivity index (χ4n) is 2.56. The van der Waals surface area contributed by atoms with Crippen molar-refractivity contribution < 1.29 is 9.26 Å². The maximum absolute atomic E-state index is 6.19. The Morgan fingerprint density at radius 3 is 2.83 bits per heavy atom. The van der Waals surface area contributed by atoms with Crippen molar-refractivity contribution in [3.05, 3.63) is 11.7 Å². The Morgan fingerprint density at radius 2 is 2.28 bits per heavy atom. The van der Waals surface area contributed by atoms with Crippen LogP contribution in [0, 0.1) is 5.92 Å². The second kappa shape index (κ2) is 4.63. The average Bonchev–Trinajstić information content (AvgIpc) is 3.05. The van der Waals surface area contributed by atoms with Crippen LogP contribution in [0.25, 0.3) is 0 Å². The van der Waals surface area contributed by atoms with Crippen LogP contribution in [0.5, 0.6) is 0 Å². The van der Waals surface area contributed by atoms with Gasteiger partial charge in [0.25, 0.3) is 0 Å². The van der Waals surface area contributed by atoms with Gasteiger partial charge in [-0.15, -0.1) is 0 Å². The van der Waals surface area contributed by atoms with Gasteiger partial charge in [-0.1, -0.05) is 5.16 Å². The van der Waals surface area contributed by atoms with E-state index >= 15 is 0 Å². The van der Waals surface area contributed by atoms with Crippen LogP contribution >= 0.6 is 0 Å². The van der Waals surface area contributed by atoms with Crippen molar-refractivity contribution in [2.75, 3.05) is 6.61 Å². The first-order chi connectivity index (χ1) is 8.70. The highest BCUT2D eigenvalue weighted by molar-refractivity contribution is 5.03. The lowest BCUT2D eigenvalue weighted by atomic mass is 9.75. The molecule has 2 saturated carbocycles. The molecule has 0 amide bonds. The molecule has 2 fully saturated rings. The number of nitrogens with zero attached hydrogens (tertiary/aromatic N) is 2. The quantitative estimate of drug-likeness (QED) is 0.836. The van der Waals surface area contributed by atoms with Crippen LogP contribution in [0.15, 0.2) is 4.52 Å². The third-order valence-corrected chi connectivity index (χ3v) is 3.99. The maximum Gasteiger partial charge on any atom is 0.228 e. The van der Waals surface area contributed by atoms with Gasteiger partial charge in [-0.25, -0.2) is 0 Å². The predicted molar refractivity (Wildman–Crippen MR) is 65.9 cm³/mol. The molecule has 2 aliphatic rings. The van der Waals surface area contributed by atoms with Gasteiger partial charge in [-0.3, -0.25) is 0 Å². The molecular formula is C13H21N3O2. The lowest BCUT2D eigenvalue weighted by molar-refractivity contribution is 0.0384. The van der Waals surface area contributed by atoms with Gasteiger partial charge in [-0.05, 0) is 44.9 Å². The number of rotatable bonds is 6. The van der Waals surface area contributed by atoms with E-state index in [0.717, 1.165) is 12.8 Å². The lowest BCUT2D eigenvalue weighted by Crippen LogP contribution is -2.48. The third-order valence-electron chi connectivity index (χ3n) is 3.99. The van der Waals surface area contributed by atoms with E-state index in [1.54, 1.807) is 0 Å². The van der Waals surface area contributed by atoms with Gasteiger partial charge in [0.2, 0.25) is 11.7 Å². The van der Waals surface area contributed by atoms with Gasteiger partial charge in [0, 0.05) is 18.6 Å². The molecule has 0 radical (unpaired) electrons. The molecule has 0 saturated heterocycles. The van der Waals surface area contributed by atoms with Gasteiger partial charge < -0.3 is 15.0 Å². The van der Waals surface area contributed by atoms with Crippen molar-refractivity contribution >= 4 is 0 Å². The summed E-state index contributed by atoms with van der Waals surface area (Å²) in [7, 11) is 0. The van der Waals surface area contributed by atoms with Gasteiger partial charge in [0.1, 0.15) is 6.10 Å². The number of ether oxygens (including phenoxy) is 1. The highest BCUT2D eigenvalue weighted by atomic mass is 16.5. The Kier molecular flexibility index (Phi) is 3.11. The summed E-state index contributed by atoms with van der Waals surface area (Å²) in [6.07, 6.45) is 6.45. The summed E-state index contributed by atoms with van der Waals surface area (Å²) in [5.74, 6) is 1.95. The van der Waals surface area contributed by atoms with E-state index in [2.05, 4.69) is 10.1 Å². The first-order valence-electron chi connectivity index (χ1n) is 6.93. The van der Waals surface area contributed by atoms with Crippen LogP contribution in [-0.2, 0) is 11.2 Å². The summed E-state index contributed by atoms with van der Waals surface area (Å²) in [5.41, 5.74) is 6.09. The second-order valence-electron chi connectivity index (χ2n) is 5.65. The predicted octanol–water partition coefficient (Wildman–Crippen LogP) is 1.98. The minimum Gasteiger partial charge on any atom is -0.370 e. The largest absolute Gasteiger partial charge is 0.370 e. The topological polar surface area (TPSA) is 74.2 Å². The van der Waals surface area contributed by atoms with Crippen LogP contribution in [0.4, 0.5) is 0 Å². The molecule has 1 unspecified atom stereocenters. The Morgan fingerprint density at radius 1 is 1.50 bits per heavy atom. The van der Waals surface area contributed by atoms with Gasteiger partial charge in [-0.2, -0.15) is 4.98 Å². The SMILES string of the molecule is CCOC(c1noc(CC2(N)CCC2)n1)C1CC1. The van der Waals surface area contributed by atoms with Crippen molar-refractivity contribution in [1.82, 2.24) is 10.1 Å². The van der Waals surface area contributed by atoms with E-state index in [0.29, 0.717) is 30.7 Å². The molecule has 5 heteroatoms. The van der Waals surface area contributed by atoms with Crippen LogP contribution in [0.1, 0.15) is 56.8 Å². The smallest absolute Gasteiger partial charge is 0.228 e. The molecule has 18 heavy (non-hydrogen) atoms. The van der Waals surface area contributed by atoms with E-state index in [4.69, 9.17) is 15.0 Å². The van der Waals surface area contributed by atoms with Crippen LogP contribution in [-0.4, -0.2) is 22.3 Å². The molecule has 0 aliphatic heterocycles. The van der Waals surface area contributed by atoms with Crippen molar-refractivity contribution in [2.45, 2.75) is 57.1 Å². The van der Waals surface area contributed by atoms with Gasteiger partial charge in [0.05, 0.1) is 0 Å². The molecule has 1 aromatic heterocycles. The summed E-state index contributed by atoms with van der Waals surface area (Å²) in [5, 5.41) is 4.07. The van der Waals surface area contributed by atoms with E-state index in [1.165, 1.54) is 19.3 Å². The minimum atomic E-state index is -0.107. The first-order valence-corrected chi connectivity index (χ1v) is 6.93. The fraction of sp³-hybridized carbons (Fsp3) is 0.846. The Labute approximate surface area is 107 Å². The van der Waals surface area contributed by atoms with E-state index in [1.807, 2.05) is 6.92 Å². The van der Waals surface area contributed by atoms with Crippen LogP contribution in [0.3, 0.4) is 0 Å². The fourth-order valence-corrected chi connectivity index (χ4v) is 2.56. The van der Waals surface area contributed by atoms with E-state index in [-0.39, 0.29) is 11.6 Å². The zero-order valence-corrected chi connectivity index (χ0v) is 10.9. The zero-order chi connectivity index (χ0) is 12.6. The number of nitrogens with two attached hydrogens (primary N) is 1. The number of aromatic nitrogens is 2. The number of hydrogen-bond acceptors (Lipinski definition) is 5. The third kappa shape index (κ3) is 2.42. The Balaban J connectivity index is 1.67. The second-order valence-corrected chi connectivity index (χ2v) is 5.65. The Hall–Kier alpha value is -0.940. The first kappa shape index (κ1) is 12.1. The summed E-state index contributed by atoms with van der Waals surface area (Å²) in [6.45, 7) is 2.69. The highest BCUT2D eigenvalue weighted by Gasteiger charge is 2.38. The molecular weight excluding hydrogens is 230 g/mol. The van der Waals surface area contributed by atoms with Crippen molar-refractivity contribution in [2.24, 2.45) is 11.7 Å². The molecule has 0 bridgehead atoms. The van der Waals surface area contributed by atoms with E-state index < -0.39 is 0 Å². The maximum atomic E-state index is 6.19. The van der Waals surface area contributed by atoms with Crippen LogP contribution < -0.4 is 5.73 Å². The molecule has 2 N–H and O–H groups in total. The van der Waals surface area contributed by atoms with Crippen molar-refractivity contribution in [3.63, 3.8) is 0 Å². The molecule has 1 aromatic rings. The minimum absolute atomic E-state index is 0.0163. The zero-order valence-electron chi connectivity index (χ0n) is 10.9. The monoisotopic (exact) mass is 251 g/mol. The lowest BCUT2D eigenvalue weighted by Gasteiger charge is -2.36. The van der Waals surface area contributed by atoms with Gasteiger partial charge in [0.15, 0.2) is 0 Å².